The first-order valence-electron chi connectivity index (χ1n) is 7.86. The normalized spacial score (nSPS) is 26.1. The third-order valence-electron chi connectivity index (χ3n) is 5.30. The van der Waals surface area contributed by atoms with E-state index in [1.807, 2.05) is 0 Å². The fraction of sp³-hybridized carbons (Fsp3) is 0.611. The Hall–Kier alpha value is -1.56. The molecule has 0 spiro atoms. The number of halogens is 1. The van der Waals surface area contributed by atoms with Gasteiger partial charge >= 0.3 is 0 Å². The smallest absolute Gasteiger partial charge is 0.125 e. The molecule has 21 heavy (non-hydrogen) atoms. The first-order chi connectivity index (χ1) is 9.91. The summed E-state index contributed by atoms with van der Waals surface area (Å²) >= 11 is 0. The minimum absolute atomic E-state index is 0.250. The topological polar surface area (TPSA) is 35.8 Å². The molecule has 114 valence electrons. The number of rotatable bonds is 4. The van der Waals surface area contributed by atoms with Gasteiger partial charge in [0.05, 0.1) is 6.07 Å². The Morgan fingerprint density at radius 3 is 2.33 bits per heavy atom. The van der Waals surface area contributed by atoms with Crippen LogP contribution in [-0.2, 0) is 0 Å². The summed E-state index contributed by atoms with van der Waals surface area (Å²) in [5.41, 5.74) is 0.668. The Morgan fingerprint density at radius 2 is 1.86 bits per heavy atom. The number of nitrogens with zero attached hydrogens (tertiary/aromatic N) is 1. The Labute approximate surface area is 127 Å². The molecule has 2 nitrogen and oxygen atoms in total. The molecule has 0 radical (unpaired) electrons. The van der Waals surface area contributed by atoms with Gasteiger partial charge in [0.25, 0.3) is 0 Å². The third kappa shape index (κ3) is 3.56. The number of hydrogen-bond acceptors (Lipinski definition) is 2. The summed E-state index contributed by atoms with van der Waals surface area (Å²) in [6, 6.07) is 8.73. The van der Waals surface area contributed by atoms with Crippen LogP contribution in [0.3, 0.4) is 0 Å². The summed E-state index contributed by atoms with van der Waals surface area (Å²) in [7, 11) is 0. The first-order valence-corrected chi connectivity index (χ1v) is 7.86. The van der Waals surface area contributed by atoms with Gasteiger partial charge in [0, 0.05) is 5.69 Å². The Morgan fingerprint density at radius 1 is 1.29 bits per heavy atom. The minimum atomic E-state index is -0.502. The fourth-order valence-corrected chi connectivity index (χ4v) is 3.26. The third-order valence-corrected chi connectivity index (χ3v) is 5.30. The number of benzene rings is 1. The Balaban J connectivity index is 2.05. The van der Waals surface area contributed by atoms with E-state index in [9.17, 15) is 9.65 Å². The van der Waals surface area contributed by atoms with Crippen LogP contribution in [0.4, 0.5) is 10.1 Å². The van der Waals surface area contributed by atoms with E-state index in [-0.39, 0.29) is 5.82 Å². The van der Waals surface area contributed by atoms with Crippen molar-refractivity contribution in [2.75, 3.05) is 5.32 Å². The van der Waals surface area contributed by atoms with Crippen LogP contribution in [-0.4, -0.2) is 5.54 Å². The van der Waals surface area contributed by atoms with E-state index in [0.29, 0.717) is 11.3 Å². The van der Waals surface area contributed by atoms with Crippen molar-refractivity contribution >= 4 is 5.69 Å². The van der Waals surface area contributed by atoms with Gasteiger partial charge in [-0.1, -0.05) is 27.2 Å². The largest absolute Gasteiger partial charge is 0.367 e. The molecule has 1 saturated carbocycles. The quantitative estimate of drug-likeness (QED) is 0.834. The molecule has 0 heterocycles. The van der Waals surface area contributed by atoms with Crippen molar-refractivity contribution in [3.8, 4) is 6.07 Å². The highest BCUT2D eigenvalue weighted by Crippen LogP contribution is 2.44. The molecule has 1 aromatic rings. The predicted molar refractivity (Wildman–Crippen MR) is 84.4 cm³/mol. The van der Waals surface area contributed by atoms with E-state index in [4.69, 9.17) is 0 Å². The highest BCUT2D eigenvalue weighted by atomic mass is 19.1. The lowest BCUT2D eigenvalue weighted by Crippen LogP contribution is -2.43. The van der Waals surface area contributed by atoms with Crippen molar-refractivity contribution < 1.29 is 4.39 Å². The standard InChI is InChI=1S/C18H25FN2/c1-4-17(2,3)14-9-11-18(13-20,12-10-14)21-16-7-5-15(19)6-8-16/h5-8,14,21H,4,9-12H2,1-3H3. The van der Waals surface area contributed by atoms with Gasteiger partial charge in [0.15, 0.2) is 0 Å². The molecule has 1 aromatic carbocycles. The number of nitrogens with one attached hydrogen (secondary N) is 1. The molecule has 0 aliphatic heterocycles. The summed E-state index contributed by atoms with van der Waals surface area (Å²) in [6.07, 6.45) is 5.03. The molecule has 0 unspecified atom stereocenters. The van der Waals surface area contributed by atoms with Crippen molar-refractivity contribution in [1.29, 1.82) is 5.26 Å². The van der Waals surface area contributed by atoms with Gasteiger partial charge in [-0.3, -0.25) is 0 Å². The maximum Gasteiger partial charge on any atom is 0.125 e. The summed E-state index contributed by atoms with van der Waals surface area (Å²) in [5, 5.41) is 13.0. The molecule has 1 aliphatic carbocycles. The van der Waals surface area contributed by atoms with Crippen LogP contribution >= 0.6 is 0 Å². The molecule has 3 heteroatoms. The van der Waals surface area contributed by atoms with Crippen molar-refractivity contribution in [1.82, 2.24) is 0 Å². The lowest BCUT2D eigenvalue weighted by Gasteiger charge is -2.42. The lowest BCUT2D eigenvalue weighted by atomic mass is 9.66. The van der Waals surface area contributed by atoms with Crippen molar-refractivity contribution in [2.24, 2.45) is 11.3 Å². The van der Waals surface area contributed by atoms with Gasteiger partial charge in [0.1, 0.15) is 11.4 Å². The van der Waals surface area contributed by atoms with E-state index < -0.39 is 5.54 Å². The molecule has 0 saturated heterocycles. The molecule has 1 N–H and O–H groups in total. The van der Waals surface area contributed by atoms with E-state index in [1.54, 1.807) is 12.1 Å². The molecular formula is C18H25FN2. The molecule has 0 atom stereocenters. The zero-order valence-corrected chi connectivity index (χ0v) is 13.2. The minimum Gasteiger partial charge on any atom is -0.367 e. The summed E-state index contributed by atoms with van der Waals surface area (Å²) in [6.45, 7) is 6.89. The van der Waals surface area contributed by atoms with Crippen LogP contribution in [0.2, 0.25) is 0 Å². The molecule has 2 rings (SSSR count). The molecule has 0 amide bonds. The molecule has 0 bridgehead atoms. The second kappa shape index (κ2) is 6.05. The van der Waals surface area contributed by atoms with Gasteiger partial charge in [-0.05, 0) is 61.3 Å². The van der Waals surface area contributed by atoms with Crippen molar-refractivity contribution in [3.05, 3.63) is 30.1 Å². The number of nitriles is 1. The maximum atomic E-state index is 13.0. The van der Waals surface area contributed by atoms with Gasteiger partial charge in [-0.2, -0.15) is 5.26 Å². The SMILES string of the molecule is CCC(C)(C)C1CCC(C#N)(Nc2ccc(F)cc2)CC1. The van der Waals surface area contributed by atoms with Crippen LogP contribution in [0, 0.1) is 28.5 Å². The molecule has 1 fully saturated rings. The van der Waals surface area contributed by atoms with Crippen LogP contribution < -0.4 is 5.32 Å². The van der Waals surface area contributed by atoms with E-state index in [2.05, 4.69) is 32.2 Å². The second-order valence-electron chi connectivity index (χ2n) is 6.94. The van der Waals surface area contributed by atoms with Gasteiger partial charge < -0.3 is 5.32 Å². The van der Waals surface area contributed by atoms with E-state index in [1.165, 1.54) is 18.6 Å². The highest BCUT2D eigenvalue weighted by Gasteiger charge is 2.39. The van der Waals surface area contributed by atoms with Gasteiger partial charge in [0.2, 0.25) is 0 Å². The maximum absolute atomic E-state index is 13.0. The number of anilines is 1. The number of hydrogen-bond donors (Lipinski definition) is 1. The Bertz CT molecular complexity index is 505. The van der Waals surface area contributed by atoms with Gasteiger partial charge in [-0.25, -0.2) is 4.39 Å². The Kier molecular flexibility index (Phi) is 4.56. The zero-order valence-electron chi connectivity index (χ0n) is 13.2. The monoisotopic (exact) mass is 288 g/mol. The predicted octanol–water partition coefficient (Wildman–Crippen LogP) is 5.13. The average molecular weight is 288 g/mol. The fourth-order valence-electron chi connectivity index (χ4n) is 3.26. The summed E-state index contributed by atoms with van der Waals surface area (Å²) < 4.78 is 13.0. The summed E-state index contributed by atoms with van der Waals surface area (Å²) in [4.78, 5) is 0. The van der Waals surface area contributed by atoms with Crippen molar-refractivity contribution in [3.63, 3.8) is 0 Å². The summed E-state index contributed by atoms with van der Waals surface area (Å²) in [5.74, 6) is 0.430. The van der Waals surface area contributed by atoms with Crippen LogP contribution in [0.25, 0.3) is 0 Å². The second-order valence-corrected chi connectivity index (χ2v) is 6.94. The lowest BCUT2D eigenvalue weighted by molar-refractivity contribution is 0.135. The molecule has 1 aliphatic rings. The van der Waals surface area contributed by atoms with E-state index >= 15 is 0 Å². The van der Waals surface area contributed by atoms with Crippen LogP contribution in [0.1, 0.15) is 52.9 Å². The van der Waals surface area contributed by atoms with E-state index in [0.717, 1.165) is 31.4 Å². The highest BCUT2D eigenvalue weighted by molar-refractivity contribution is 5.47. The molecule has 0 aromatic heterocycles. The zero-order chi connectivity index (χ0) is 15.5. The van der Waals surface area contributed by atoms with Crippen molar-refractivity contribution in [2.45, 2.75) is 58.4 Å². The van der Waals surface area contributed by atoms with Crippen LogP contribution in [0.15, 0.2) is 24.3 Å². The van der Waals surface area contributed by atoms with Gasteiger partial charge in [-0.15, -0.1) is 0 Å². The van der Waals surface area contributed by atoms with Crippen LogP contribution in [0.5, 0.6) is 0 Å². The molecular weight excluding hydrogens is 263 g/mol. The average Bonchev–Trinajstić information content (AvgIpc) is 2.50. The first kappa shape index (κ1) is 15.8.